The molecule has 2 heterocycles. The van der Waals surface area contributed by atoms with Crippen LogP contribution < -0.4 is 0 Å². The molecule has 2 fully saturated rings. The van der Waals surface area contributed by atoms with Gasteiger partial charge in [0.05, 0.1) is 4.90 Å². The molecule has 7 nitrogen and oxygen atoms in total. The Hall–Kier alpha value is -2.78. The Morgan fingerprint density at radius 3 is 2.24 bits per heavy atom. The minimum absolute atomic E-state index is 0.178. The topological polar surface area (TPSA) is 78.0 Å². The Morgan fingerprint density at radius 2 is 1.62 bits per heavy atom. The zero-order valence-electron chi connectivity index (χ0n) is 19.5. The standard InChI is InChI=1S/C25H30FN3O4S/c1-18(2)20-6-8-23(9-7-20)34(32,33)28-12-10-22(11-13-28)29-15-14-27(24(30)25(29)31)17-19-4-3-5-21(26)16-19/h3-9,16,18,22H,10-15,17H2,1-2H3. The molecule has 9 heteroatoms. The quantitative estimate of drug-likeness (QED) is 0.587. The maximum Gasteiger partial charge on any atom is 0.312 e. The van der Waals surface area contributed by atoms with E-state index in [1.807, 2.05) is 12.1 Å². The van der Waals surface area contributed by atoms with Gasteiger partial charge in [-0.25, -0.2) is 12.8 Å². The molecule has 0 spiro atoms. The van der Waals surface area contributed by atoms with E-state index in [9.17, 15) is 22.4 Å². The molecule has 0 N–H and O–H groups in total. The smallest absolute Gasteiger partial charge is 0.312 e. The Balaban J connectivity index is 1.36. The molecule has 2 aliphatic rings. The fourth-order valence-corrected chi connectivity index (χ4v) is 6.08. The zero-order valence-corrected chi connectivity index (χ0v) is 20.3. The molecule has 0 saturated carbocycles. The molecule has 2 amide bonds. The van der Waals surface area contributed by atoms with Gasteiger partial charge < -0.3 is 9.80 Å². The first-order chi connectivity index (χ1) is 16.2. The van der Waals surface area contributed by atoms with Gasteiger partial charge in [0, 0.05) is 38.8 Å². The maximum atomic E-state index is 13.4. The number of piperidine rings is 1. The molecule has 2 aliphatic heterocycles. The van der Waals surface area contributed by atoms with Crippen LogP contribution >= 0.6 is 0 Å². The van der Waals surface area contributed by atoms with Crippen LogP contribution in [-0.4, -0.2) is 66.6 Å². The first-order valence-electron chi connectivity index (χ1n) is 11.6. The molecule has 0 radical (unpaired) electrons. The second-order valence-corrected chi connectivity index (χ2v) is 11.2. The molecule has 34 heavy (non-hydrogen) atoms. The number of halogens is 1. The summed E-state index contributed by atoms with van der Waals surface area (Å²) in [5.74, 6) is -1.24. The Morgan fingerprint density at radius 1 is 0.941 bits per heavy atom. The van der Waals surface area contributed by atoms with Crippen LogP contribution in [0.4, 0.5) is 4.39 Å². The van der Waals surface area contributed by atoms with Gasteiger partial charge in [0.25, 0.3) is 0 Å². The fourth-order valence-electron chi connectivity index (χ4n) is 4.61. The fraction of sp³-hybridized carbons (Fsp3) is 0.440. The van der Waals surface area contributed by atoms with Crippen LogP contribution in [0, 0.1) is 5.82 Å². The Kier molecular flexibility index (Phi) is 7.04. The van der Waals surface area contributed by atoms with Crippen molar-refractivity contribution < 1.29 is 22.4 Å². The summed E-state index contributed by atoms with van der Waals surface area (Å²) in [5, 5.41) is 0. The van der Waals surface area contributed by atoms with Gasteiger partial charge in [-0.2, -0.15) is 4.31 Å². The molecule has 4 rings (SSSR count). The second-order valence-electron chi connectivity index (χ2n) is 9.21. The summed E-state index contributed by atoms with van der Waals surface area (Å²) in [6.07, 6.45) is 0.957. The third-order valence-corrected chi connectivity index (χ3v) is 8.57. The zero-order chi connectivity index (χ0) is 24.5. The highest BCUT2D eigenvalue weighted by atomic mass is 32.2. The van der Waals surface area contributed by atoms with Gasteiger partial charge in [0.15, 0.2) is 0 Å². The highest BCUT2D eigenvalue weighted by molar-refractivity contribution is 7.89. The average molecular weight is 488 g/mol. The molecule has 182 valence electrons. The summed E-state index contributed by atoms with van der Waals surface area (Å²) >= 11 is 0. The van der Waals surface area contributed by atoms with Crippen molar-refractivity contribution in [3.63, 3.8) is 0 Å². The van der Waals surface area contributed by atoms with Crippen molar-refractivity contribution in [3.05, 3.63) is 65.5 Å². The van der Waals surface area contributed by atoms with Gasteiger partial charge >= 0.3 is 11.8 Å². The minimum Gasteiger partial charge on any atom is -0.330 e. The summed E-state index contributed by atoms with van der Waals surface area (Å²) in [4.78, 5) is 28.8. The molecular formula is C25H30FN3O4S. The van der Waals surface area contributed by atoms with Crippen LogP contribution in [0.5, 0.6) is 0 Å². The van der Waals surface area contributed by atoms with E-state index in [0.717, 1.165) is 5.56 Å². The van der Waals surface area contributed by atoms with Crippen LogP contribution in [0.2, 0.25) is 0 Å². The summed E-state index contributed by atoms with van der Waals surface area (Å²) in [6, 6.07) is 12.8. The van der Waals surface area contributed by atoms with Gasteiger partial charge in [0.1, 0.15) is 5.82 Å². The Labute approximate surface area is 200 Å². The number of hydrogen-bond acceptors (Lipinski definition) is 4. The lowest BCUT2D eigenvalue weighted by Gasteiger charge is -2.41. The SMILES string of the molecule is CC(C)c1ccc(S(=O)(=O)N2CCC(N3CCN(Cc4cccc(F)c4)C(=O)C3=O)CC2)cc1. The lowest BCUT2D eigenvalue weighted by Crippen LogP contribution is -2.58. The third-order valence-electron chi connectivity index (χ3n) is 6.65. The molecule has 0 aromatic heterocycles. The lowest BCUT2D eigenvalue weighted by atomic mass is 10.0. The molecule has 0 unspecified atom stereocenters. The van der Waals surface area contributed by atoms with E-state index in [1.54, 1.807) is 29.2 Å². The number of amides is 2. The van der Waals surface area contributed by atoms with Crippen LogP contribution in [0.25, 0.3) is 0 Å². The van der Waals surface area contributed by atoms with Crippen LogP contribution in [0.3, 0.4) is 0 Å². The maximum absolute atomic E-state index is 13.4. The van der Waals surface area contributed by atoms with Gasteiger partial charge in [-0.1, -0.05) is 38.1 Å². The predicted octanol–water partition coefficient (Wildman–Crippen LogP) is 2.97. The average Bonchev–Trinajstić information content (AvgIpc) is 2.82. The monoisotopic (exact) mass is 487 g/mol. The van der Waals surface area contributed by atoms with E-state index < -0.39 is 21.8 Å². The summed E-state index contributed by atoms with van der Waals surface area (Å²) in [6.45, 7) is 5.63. The number of carbonyl (C=O) groups excluding carboxylic acids is 2. The van der Waals surface area contributed by atoms with Crippen molar-refractivity contribution in [3.8, 4) is 0 Å². The van der Waals surface area contributed by atoms with E-state index in [-0.39, 0.29) is 23.3 Å². The van der Waals surface area contributed by atoms with E-state index >= 15 is 0 Å². The Bertz CT molecular complexity index is 1160. The predicted molar refractivity (Wildman–Crippen MR) is 126 cm³/mol. The summed E-state index contributed by atoms with van der Waals surface area (Å²) < 4.78 is 41.0. The number of nitrogens with zero attached hydrogens (tertiary/aromatic N) is 3. The van der Waals surface area contributed by atoms with Gasteiger partial charge in [-0.3, -0.25) is 9.59 Å². The van der Waals surface area contributed by atoms with Crippen LogP contribution in [0.15, 0.2) is 53.4 Å². The van der Waals surface area contributed by atoms with Gasteiger partial charge in [0.2, 0.25) is 10.0 Å². The first-order valence-corrected chi connectivity index (χ1v) is 13.1. The first kappa shape index (κ1) is 24.3. The molecule has 0 atom stereocenters. The van der Waals surface area contributed by atoms with Crippen molar-refractivity contribution in [1.29, 1.82) is 0 Å². The number of hydrogen-bond donors (Lipinski definition) is 0. The number of benzene rings is 2. The highest BCUT2D eigenvalue weighted by Gasteiger charge is 2.39. The largest absolute Gasteiger partial charge is 0.330 e. The van der Waals surface area contributed by atoms with Crippen molar-refractivity contribution in [2.75, 3.05) is 26.2 Å². The minimum atomic E-state index is -3.61. The lowest BCUT2D eigenvalue weighted by molar-refractivity contribution is -0.158. The summed E-state index contributed by atoms with van der Waals surface area (Å²) in [5.41, 5.74) is 1.71. The molecule has 2 aromatic carbocycles. The van der Waals surface area contributed by atoms with E-state index in [4.69, 9.17) is 0 Å². The number of sulfonamides is 1. The van der Waals surface area contributed by atoms with E-state index in [1.165, 1.54) is 21.3 Å². The molecule has 0 bridgehead atoms. The highest BCUT2D eigenvalue weighted by Crippen LogP contribution is 2.26. The number of carbonyl (C=O) groups is 2. The van der Waals surface area contributed by atoms with Crippen molar-refractivity contribution in [1.82, 2.24) is 14.1 Å². The molecular weight excluding hydrogens is 457 g/mol. The number of rotatable bonds is 6. The second kappa shape index (κ2) is 9.84. The van der Waals surface area contributed by atoms with Crippen LogP contribution in [-0.2, 0) is 26.2 Å². The van der Waals surface area contributed by atoms with Crippen molar-refractivity contribution in [2.45, 2.75) is 50.1 Å². The number of piperazine rings is 1. The third kappa shape index (κ3) is 5.00. The van der Waals surface area contributed by atoms with E-state index in [0.29, 0.717) is 50.5 Å². The van der Waals surface area contributed by atoms with E-state index in [2.05, 4.69) is 13.8 Å². The molecule has 0 aliphatic carbocycles. The van der Waals surface area contributed by atoms with Gasteiger partial charge in [-0.15, -0.1) is 0 Å². The normalized spacial score (nSPS) is 18.7. The van der Waals surface area contributed by atoms with Gasteiger partial charge in [-0.05, 0) is 54.2 Å². The molecule has 2 aromatic rings. The van der Waals surface area contributed by atoms with Crippen molar-refractivity contribution >= 4 is 21.8 Å². The van der Waals surface area contributed by atoms with Crippen molar-refractivity contribution in [2.24, 2.45) is 0 Å². The molecule has 2 saturated heterocycles. The summed E-state index contributed by atoms with van der Waals surface area (Å²) in [7, 11) is -3.61. The van der Waals surface area contributed by atoms with Crippen LogP contribution in [0.1, 0.15) is 43.7 Å².